The van der Waals surface area contributed by atoms with E-state index in [9.17, 15) is 10.1 Å². The number of benzene rings is 1. The molecule has 1 atom stereocenters. The van der Waals surface area contributed by atoms with E-state index in [2.05, 4.69) is 6.07 Å². The van der Waals surface area contributed by atoms with Gasteiger partial charge < -0.3 is 9.64 Å². The van der Waals surface area contributed by atoms with Crippen LogP contribution in [0, 0.1) is 24.2 Å². The van der Waals surface area contributed by atoms with Crippen LogP contribution in [0.3, 0.4) is 0 Å². The number of carbonyl (C=O) groups is 1. The molecule has 1 aliphatic heterocycles. The molecule has 1 amide bonds. The lowest BCUT2D eigenvalue weighted by molar-refractivity contribution is -0.132. The molecule has 0 bridgehead atoms. The number of hydrogen-bond acceptors (Lipinski definition) is 3. The summed E-state index contributed by atoms with van der Waals surface area (Å²) in [5.74, 6) is 0.404. The van der Waals surface area contributed by atoms with Gasteiger partial charge in [-0.1, -0.05) is 12.1 Å². The number of unbranched alkanes of at least 4 members (excludes halogenated alkanes) is 1. The quantitative estimate of drug-likeness (QED) is 0.726. The summed E-state index contributed by atoms with van der Waals surface area (Å²) in [6.45, 7) is 4.29. The smallest absolute Gasteiger partial charge is 0.239 e. The standard InChI is InChI=1S/C18H24N2O2/c1-15-7-6-9-17(13-15)22-12-5-2-8-16(14-19)18(21)20-10-3-4-11-20/h6-7,9,13,16H,2-5,8,10-12H2,1H3. The minimum Gasteiger partial charge on any atom is -0.494 e. The molecule has 22 heavy (non-hydrogen) atoms. The average molecular weight is 300 g/mol. The number of carbonyl (C=O) groups excluding carboxylic acids is 1. The number of ether oxygens (including phenoxy) is 1. The van der Waals surface area contributed by atoms with Gasteiger partial charge in [-0.25, -0.2) is 0 Å². The zero-order valence-corrected chi connectivity index (χ0v) is 13.3. The van der Waals surface area contributed by atoms with Crippen LogP contribution < -0.4 is 4.74 Å². The van der Waals surface area contributed by atoms with Crippen LogP contribution in [0.4, 0.5) is 0 Å². The van der Waals surface area contributed by atoms with Crippen LogP contribution >= 0.6 is 0 Å². The van der Waals surface area contributed by atoms with Gasteiger partial charge in [0.05, 0.1) is 12.7 Å². The van der Waals surface area contributed by atoms with Gasteiger partial charge in [-0.3, -0.25) is 4.79 Å². The molecule has 4 nitrogen and oxygen atoms in total. The highest BCUT2D eigenvalue weighted by atomic mass is 16.5. The van der Waals surface area contributed by atoms with Crippen LogP contribution in [0.2, 0.25) is 0 Å². The van der Waals surface area contributed by atoms with Gasteiger partial charge in [-0.05, 0) is 56.7 Å². The highest BCUT2D eigenvalue weighted by Gasteiger charge is 2.25. The molecule has 1 aromatic rings. The Morgan fingerprint density at radius 2 is 2.14 bits per heavy atom. The molecule has 1 fully saturated rings. The Morgan fingerprint density at radius 3 is 2.82 bits per heavy atom. The third-order valence-corrected chi connectivity index (χ3v) is 4.02. The van der Waals surface area contributed by atoms with Gasteiger partial charge in [0.15, 0.2) is 0 Å². The van der Waals surface area contributed by atoms with Crippen molar-refractivity contribution < 1.29 is 9.53 Å². The molecular formula is C18H24N2O2. The fourth-order valence-electron chi connectivity index (χ4n) is 2.75. The Morgan fingerprint density at radius 1 is 1.36 bits per heavy atom. The van der Waals surface area contributed by atoms with Crippen molar-refractivity contribution in [2.45, 2.75) is 39.0 Å². The highest BCUT2D eigenvalue weighted by Crippen LogP contribution is 2.17. The Labute approximate surface area is 132 Å². The van der Waals surface area contributed by atoms with Crippen LogP contribution in [-0.2, 0) is 4.79 Å². The monoisotopic (exact) mass is 300 g/mol. The molecule has 1 saturated heterocycles. The first-order valence-corrected chi connectivity index (χ1v) is 8.08. The van der Waals surface area contributed by atoms with Crippen molar-refractivity contribution in [1.29, 1.82) is 5.26 Å². The molecule has 4 heteroatoms. The summed E-state index contributed by atoms with van der Waals surface area (Å²) in [5, 5.41) is 9.19. The van der Waals surface area contributed by atoms with Crippen LogP contribution in [-0.4, -0.2) is 30.5 Å². The van der Waals surface area contributed by atoms with E-state index >= 15 is 0 Å². The number of nitrogens with zero attached hydrogens (tertiary/aromatic N) is 2. The molecule has 1 heterocycles. The van der Waals surface area contributed by atoms with E-state index in [4.69, 9.17) is 4.74 Å². The van der Waals surface area contributed by atoms with E-state index in [-0.39, 0.29) is 5.91 Å². The number of amides is 1. The molecule has 0 spiro atoms. The van der Waals surface area contributed by atoms with Gasteiger partial charge in [-0.15, -0.1) is 0 Å². The number of likely N-dealkylation sites (tertiary alicyclic amines) is 1. The van der Waals surface area contributed by atoms with E-state index in [0.717, 1.165) is 44.5 Å². The summed E-state index contributed by atoms with van der Waals surface area (Å²) >= 11 is 0. The van der Waals surface area contributed by atoms with Crippen molar-refractivity contribution in [2.24, 2.45) is 5.92 Å². The highest BCUT2D eigenvalue weighted by molar-refractivity contribution is 5.81. The first kappa shape index (κ1) is 16.4. The van der Waals surface area contributed by atoms with E-state index in [1.54, 1.807) is 0 Å². The second-order valence-electron chi connectivity index (χ2n) is 5.87. The zero-order valence-electron chi connectivity index (χ0n) is 13.3. The molecule has 1 unspecified atom stereocenters. The third-order valence-electron chi connectivity index (χ3n) is 4.02. The normalized spacial score (nSPS) is 15.4. The average Bonchev–Trinajstić information content (AvgIpc) is 3.05. The summed E-state index contributed by atoms with van der Waals surface area (Å²) in [4.78, 5) is 14.0. The summed E-state index contributed by atoms with van der Waals surface area (Å²) in [6, 6.07) is 10.1. The molecule has 0 aromatic heterocycles. The Bertz CT molecular complexity index is 530. The van der Waals surface area contributed by atoms with E-state index in [1.165, 1.54) is 5.56 Å². The molecule has 2 rings (SSSR count). The van der Waals surface area contributed by atoms with Crippen LogP contribution in [0.25, 0.3) is 0 Å². The molecule has 1 aromatic carbocycles. The van der Waals surface area contributed by atoms with Gasteiger partial charge in [0.1, 0.15) is 11.7 Å². The maximum atomic E-state index is 12.2. The lowest BCUT2D eigenvalue weighted by Crippen LogP contribution is -2.33. The van der Waals surface area contributed by atoms with Crippen molar-refractivity contribution in [1.82, 2.24) is 4.90 Å². The van der Waals surface area contributed by atoms with Gasteiger partial charge in [0.2, 0.25) is 5.91 Å². The lowest BCUT2D eigenvalue weighted by Gasteiger charge is -2.18. The molecule has 1 aliphatic rings. The van der Waals surface area contributed by atoms with Gasteiger partial charge in [0.25, 0.3) is 0 Å². The van der Waals surface area contributed by atoms with Gasteiger partial charge in [-0.2, -0.15) is 5.26 Å². The maximum Gasteiger partial charge on any atom is 0.239 e. The Kier molecular flexibility index (Phi) is 6.27. The SMILES string of the molecule is Cc1cccc(OCCCCC(C#N)C(=O)N2CCCC2)c1. The second-order valence-corrected chi connectivity index (χ2v) is 5.87. The molecule has 0 radical (unpaired) electrons. The molecule has 0 aliphatic carbocycles. The van der Waals surface area contributed by atoms with Crippen molar-refractivity contribution in [2.75, 3.05) is 19.7 Å². The van der Waals surface area contributed by atoms with E-state index in [0.29, 0.717) is 13.0 Å². The summed E-state index contributed by atoms with van der Waals surface area (Å²) in [5.41, 5.74) is 1.18. The third kappa shape index (κ3) is 4.77. The van der Waals surface area contributed by atoms with Crippen molar-refractivity contribution in [3.05, 3.63) is 29.8 Å². The van der Waals surface area contributed by atoms with E-state index < -0.39 is 5.92 Å². The fourth-order valence-corrected chi connectivity index (χ4v) is 2.75. The maximum absolute atomic E-state index is 12.2. The number of nitriles is 1. The number of hydrogen-bond donors (Lipinski definition) is 0. The number of rotatable bonds is 7. The molecule has 0 saturated carbocycles. The van der Waals surface area contributed by atoms with Crippen molar-refractivity contribution in [3.63, 3.8) is 0 Å². The van der Waals surface area contributed by atoms with Crippen LogP contribution in [0.15, 0.2) is 24.3 Å². The molecule has 118 valence electrons. The topological polar surface area (TPSA) is 53.3 Å². The lowest BCUT2D eigenvalue weighted by atomic mass is 10.0. The second kappa shape index (κ2) is 8.43. The number of aryl methyl sites for hydroxylation is 1. The minimum atomic E-state index is -0.489. The fraction of sp³-hybridized carbons (Fsp3) is 0.556. The zero-order chi connectivity index (χ0) is 15.8. The molecule has 0 N–H and O–H groups in total. The summed E-state index contributed by atoms with van der Waals surface area (Å²) in [6.07, 6.45) is 4.45. The first-order chi connectivity index (χ1) is 10.7. The summed E-state index contributed by atoms with van der Waals surface area (Å²) < 4.78 is 5.68. The summed E-state index contributed by atoms with van der Waals surface area (Å²) in [7, 11) is 0. The van der Waals surface area contributed by atoms with Crippen LogP contribution in [0.5, 0.6) is 5.75 Å². The molecular weight excluding hydrogens is 276 g/mol. The predicted molar refractivity (Wildman–Crippen MR) is 85.4 cm³/mol. The van der Waals surface area contributed by atoms with Gasteiger partial charge >= 0.3 is 0 Å². The largest absolute Gasteiger partial charge is 0.494 e. The van der Waals surface area contributed by atoms with Gasteiger partial charge in [0, 0.05) is 13.1 Å². The van der Waals surface area contributed by atoms with E-state index in [1.807, 2.05) is 36.1 Å². The van der Waals surface area contributed by atoms with Crippen molar-refractivity contribution in [3.8, 4) is 11.8 Å². The first-order valence-electron chi connectivity index (χ1n) is 8.08. The minimum absolute atomic E-state index is 0.0135. The Balaban J connectivity index is 1.66. The predicted octanol–water partition coefficient (Wildman–Crippen LogP) is 3.31. The Hall–Kier alpha value is -2.02. The van der Waals surface area contributed by atoms with Crippen LogP contribution in [0.1, 0.15) is 37.7 Å². The van der Waals surface area contributed by atoms with Crippen molar-refractivity contribution >= 4 is 5.91 Å².